The van der Waals surface area contributed by atoms with Gasteiger partial charge in [-0.15, -0.1) is 0 Å². The van der Waals surface area contributed by atoms with Crippen LogP contribution in [0.2, 0.25) is 5.02 Å². The molecule has 5 nitrogen and oxygen atoms in total. The minimum Gasteiger partial charge on any atom is -0.382 e. The number of halogens is 1. The zero-order valence-electron chi connectivity index (χ0n) is 11.1. The molecule has 0 bridgehead atoms. The van der Waals surface area contributed by atoms with Crippen molar-refractivity contribution in [1.29, 1.82) is 0 Å². The first-order valence-corrected chi connectivity index (χ1v) is 9.98. The molecule has 0 atom stereocenters. The third kappa shape index (κ3) is 4.64. The van der Waals surface area contributed by atoms with Crippen molar-refractivity contribution in [2.24, 2.45) is 0 Å². The second kappa shape index (κ2) is 6.32. The number of nitrogens with one attached hydrogen (secondary N) is 2. The van der Waals surface area contributed by atoms with E-state index in [1.807, 2.05) is 0 Å². The number of anilines is 2. The molecule has 0 amide bonds. The van der Waals surface area contributed by atoms with Gasteiger partial charge in [-0.3, -0.25) is 8.93 Å². The molecule has 112 valence electrons. The van der Waals surface area contributed by atoms with E-state index >= 15 is 0 Å². The van der Waals surface area contributed by atoms with Crippen LogP contribution in [0.15, 0.2) is 18.2 Å². The smallest absolute Gasteiger partial charge is 0.229 e. The fourth-order valence-electron chi connectivity index (χ4n) is 2.06. The van der Waals surface area contributed by atoms with Crippen molar-refractivity contribution in [1.82, 2.24) is 0 Å². The summed E-state index contributed by atoms with van der Waals surface area (Å²) in [4.78, 5) is 0. The lowest BCUT2D eigenvalue weighted by atomic mass is 10.1. The van der Waals surface area contributed by atoms with E-state index in [1.54, 1.807) is 18.2 Å². The molecule has 2 rings (SSSR count). The van der Waals surface area contributed by atoms with Gasteiger partial charge in [-0.2, -0.15) is 0 Å². The lowest BCUT2D eigenvalue weighted by molar-refractivity contribution is 0.607. The molecule has 0 aliphatic carbocycles. The highest BCUT2D eigenvalue weighted by Crippen LogP contribution is 2.27. The van der Waals surface area contributed by atoms with Crippen LogP contribution in [0.5, 0.6) is 0 Å². The molecule has 1 aromatic carbocycles. The minimum absolute atomic E-state index is 0.289. The first-order valence-electron chi connectivity index (χ1n) is 6.22. The van der Waals surface area contributed by atoms with Crippen LogP contribution >= 0.6 is 11.6 Å². The first-order chi connectivity index (χ1) is 9.33. The van der Waals surface area contributed by atoms with Gasteiger partial charge in [-0.1, -0.05) is 11.6 Å². The topological polar surface area (TPSA) is 75.3 Å². The van der Waals surface area contributed by atoms with E-state index in [0.717, 1.165) is 36.3 Å². The fourth-order valence-corrected chi connectivity index (χ4v) is 4.22. The van der Waals surface area contributed by atoms with Gasteiger partial charge < -0.3 is 5.32 Å². The summed E-state index contributed by atoms with van der Waals surface area (Å²) in [6.45, 7) is 0. The van der Waals surface area contributed by atoms with E-state index in [2.05, 4.69) is 10.0 Å². The highest BCUT2D eigenvalue weighted by atomic mass is 35.5. The van der Waals surface area contributed by atoms with Crippen molar-refractivity contribution in [2.75, 3.05) is 27.8 Å². The molecule has 1 aliphatic heterocycles. The molecule has 0 unspecified atom stereocenters. The fraction of sp³-hybridized carbons (Fsp3) is 0.500. The highest BCUT2D eigenvalue weighted by molar-refractivity contribution is 7.92. The first kappa shape index (κ1) is 15.6. The predicted molar refractivity (Wildman–Crippen MR) is 84.4 cm³/mol. The molecule has 0 radical (unpaired) electrons. The molecule has 1 aromatic rings. The molecule has 1 aliphatic rings. The van der Waals surface area contributed by atoms with Gasteiger partial charge in [0.25, 0.3) is 0 Å². The second-order valence-electron chi connectivity index (χ2n) is 4.84. The Hall–Kier alpha value is -0.790. The number of benzene rings is 1. The Kier molecular flexibility index (Phi) is 4.93. The van der Waals surface area contributed by atoms with Crippen LogP contribution in [0.3, 0.4) is 0 Å². The Morgan fingerprint density at radius 3 is 2.50 bits per heavy atom. The summed E-state index contributed by atoms with van der Waals surface area (Å²) >= 11 is 6.06. The lowest BCUT2D eigenvalue weighted by Crippen LogP contribution is -2.29. The summed E-state index contributed by atoms with van der Waals surface area (Å²) in [5, 5.41) is 3.68. The van der Waals surface area contributed by atoms with Crippen molar-refractivity contribution in [3.05, 3.63) is 23.2 Å². The summed E-state index contributed by atoms with van der Waals surface area (Å²) in [6.07, 6.45) is 2.82. The normalized spacial score (nSPS) is 23.3. The van der Waals surface area contributed by atoms with E-state index in [4.69, 9.17) is 11.6 Å². The van der Waals surface area contributed by atoms with E-state index in [-0.39, 0.29) is 6.04 Å². The average Bonchev–Trinajstić information content (AvgIpc) is 2.34. The van der Waals surface area contributed by atoms with E-state index < -0.39 is 20.8 Å². The van der Waals surface area contributed by atoms with E-state index in [9.17, 15) is 12.6 Å². The second-order valence-corrected chi connectivity index (χ2v) is 8.69. The number of sulfonamides is 1. The maximum absolute atomic E-state index is 11.3. The Balaban J connectivity index is 2.03. The SMILES string of the molecule is CS(=O)(=O)Nc1ccc(NC2CCS(=O)CC2)cc1Cl. The molecule has 1 fully saturated rings. The van der Waals surface area contributed by atoms with Gasteiger partial charge in [0.1, 0.15) is 0 Å². The number of rotatable bonds is 4. The van der Waals surface area contributed by atoms with Crippen molar-refractivity contribution in [3.63, 3.8) is 0 Å². The third-order valence-corrected chi connectivity index (χ3v) is 5.31. The molecule has 0 aromatic heterocycles. The average molecular weight is 337 g/mol. The molecule has 0 spiro atoms. The maximum atomic E-state index is 11.3. The van der Waals surface area contributed by atoms with Crippen LogP contribution in [0.1, 0.15) is 12.8 Å². The van der Waals surface area contributed by atoms with Gasteiger partial charge in [-0.05, 0) is 31.0 Å². The van der Waals surface area contributed by atoms with Crippen LogP contribution in [-0.4, -0.2) is 36.4 Å². The Bertz CT molecular complexity index is 609. The van der Waals surface area contributed by atoms with Gasteiger partial charge in [0.15, 0.2) is 0 Å². The molecular formula is C12H17ClN2O3S2. The zero-order chi connectivity index (χ0) is 14.8. The molecule has 20 heavy (non-hydrogen) atoms. The van der Waals surface area contributed by atoms with Crippen molar-refractivity contribution in [3.8, 4) is 0 Å². The molecule has 8 heteroatoms. The molecular weight excluding hydrogens is 320 g/mol. The molecule has 2 N–H and O–H groups in total. The quantitative estimate of drug-likeness (QED) is 0.882. The molecule has 1 saturated heterocycles. The van der Waals surface area contributed by atoms with E-state index in [1.165, 1.54) is 0 Å². The third-order valence-electron chi connectivity index (χ3n) is 3.02. The zero-order valence-corrected chi connectivity index (χ0v) is 13.4. The largest absolute Gasteiger partial charge is 0.382 e. The standard InChI is InChI=1S/C12H17ClN2O3S2/c1-20(17,18)15-12-3-2-10(8-11(12)13)14-9-4-6-19(16)7-5-9/h2-3,8-9,14-15H,4-7H2,1H3. The predicted octanol–water partition coefficient (Wildman–Crippen LogP) is 2.03. The van der Waals surface area contributed by atoms with Crippen LogP contribution in [0.25, 0.3) is 0 Å². The van der Waals surface area contributed by atoms with Gasteiger partial charge in [-0.25, -0.2) is 8.42 Å². The summed E-state index contributed by atoms with van der Waals surface area (Å²) < 4.78 is 36.0. The molecule has 1 heterocycles. The van der Waals surface area contributed by atoms with Crippen molar-refractivity contribution in [2.45, 2.75) is 18.9 Å². The summed E-state index contributed by atoms with van der Waals surface area (Å²) in [5.74, 6) is 1.44. The monoisotopic (exact) mass is 336 g/mol. The molecule has 0 saturated carbocycles. The number of hydrogen-bond acceptors (Lipinski definition) is 4. The summed E-state index contributed by atoms with van der Waals surface area (Å²) in [7, 11) is -4.02. The van der Waals surface area contributed by atoms with Gasteiger partial charge in [0.05, 0.1) is 17.0 Å². The van der Waals surface area contributed by atoms with Crippen LogP contribution in [0, 0.1) is 0 Å². The van der Waals surface area contributed by atoms with Crippen LogP contribution < -0.4 is 10.0 Å². The Labute approximate surface area is 126 Å². The highest BCUT2D eigenvalue weighted by Gasteiger charge is 2.17. The van der Waals surface area contributed by atoms with E-state index in [0.29, 0.717) is 10.7 Å². The lowest BCUT2D eigenvalue weighted by Gasteiger charge is -2.23. The minimum atomic E-state index is -3.33. The van der Waals surface area contributed by atoms with Crippen LogP contribution in [-0.2, 0) is 20.8 Å². The summed E-state index contributed by atoms with van der Waals surface area (Å²) in [5.41, 5.74) is 1.20. The Morgan fingerprint density at radius 1 is 1.30 bits per heavy atom. The van der Waals surface area contributed by atoms with Gasteiger partial charge >= 0.3 is 0 Å². The van der Waals surface area contributed by atoms with Crippen LogP contribution in [0.4, 0.5) is 11.4 Å². The maximum Gasteiger partial charge on any atom is 0.229 e. The number of hydrogen-bond donors (Lipinski definition) is 2. The van der Waals surface area contributed by atoms with Crippen molar-refractivity contribution >= 4 is 43.8 Å². The van der Waals surface area contributed by atoms with Gasteiger partial charge in [0.2, 0.25) is 10.0 Å². The van der Waals surface area contributed by atoms with Crippen molar-refractivity contribution < 1.29 is 12.6 Å². The Morgan fingerprint density at radius 2 is 1.95 bits per heavy atom. The summed E-state index contributed by atoms with van der Waals surface area (Å²) in [6, 6.07) is 5.40. The van der Waals surface area contributed by atoms with Gasteiger partial charge in [0, 0.05) is 34.0 Å².